The Morgan fingerprint density at radius 2 is 0.837 bits per heavy atom. The molecular formula is C46H43BrN2. The lowest BCUT2D eigenvalue weighted by atomic mass is 9.86. The Hall–Kier alpha value is -4.86. The molecule has 0 aromatic heterocycles. The molecule has 2 nitrogen and oxygen atoms in total. The first-order chi connectivity index (χ1) is 23.5. The molecule has 0 spiro atoms. The Balaban J connectivity index is 1.46. The lowest BCUT2D eigenvalue weighted by molar-refractivity contribution is 0.590. The van der Waals surface area contributed by atoms with Crippen molar-refractivity contribution in [3.63, 3.8) is 0 Å². The zero-order valence-corrected chi connectivity index (χ0v) is 30.8. The van der Waals surface area contributed by atoms with Crippen molar-refractivity contribution in [2.75, 3.05) is 9.80 Å². The Morgan fingerprint density at radius 1 is 0.388 bits per heavy atom. The van der Waals surface area contributed by atoms with E-state index in [0.717, 1.165) is 38.6 Å². The van der Waals surface area contributed by atoms with Crippen LogP contribution >= 0.6 is 15.9 Å². The Morgan fingerprint density at radius 3 is 1.39 bits per heavy atom. The van der Waals surface area contributed by atoms with E-state index < -0.39 is 0 Å². The minimum Gasteiger partial charge on any atom is -0.309 e. The average molecular weight is 704 g/mol. The summed E-state index contributed by atoms with van der Waals surface area (Å²) in [6, 6.07) is 55.1. The highest BCUT2D eigenvalue weighted by Gasteiger charge is 2.24. The van der Waals surface area contributed by atoms with Gasteiger partial charge >= 0.3 is 0 Å². The molecular weight excluding hydrogens is 660 g/mol. The molecule has 7 aromatic rings. The third-order valence-corrected chi connectivity index (χ3v) is 10.2. The molecule has 0 heterocycles. The van der Waals surface area contributed by atoms with Gasteiger partial charge in [0.1, 0.15) is 0 Å². The second-order valence-corrected chi connectivity index (χ2v) is 15.7. The maximum atomic E-state index is 4.19. The molecule has 3 heteroatoms. The molecule has 0 aliphatic carbocycles. The summed E-state index contributed by atoms with van der Waals surface area (Å²) in [6.45, 7) is 13.6. The highest BCUT2D eigenvalue weighted by atomic mass is 79.9. The number of fused-ring (bicyclic) bond motifs is 3. The van der Waals surface area contributed by atoms with Crippen LogP contribution in [0.25, 0.3) is 21.5 Å². The standard InChI is InChI=1S/C46H43BrN2/c1-45(2,3)33-23-27-36(28-24-33)48(37-29-25-34(26-30-37)46(4,5)6)41-21-14-22-42(44(41)47)49(35-16-8-7-9-17-35)43-31-32-15-10-11-18-38(32)39-19-12-13-20-40(39)43/h7-31H,1-6H3. The molecule has 7 aromatic carbocycles. The zero-order valence-electron chi connectivity index (χ0n) is 29.2. The second kappa shape index (κ2) is 12.9. The molecule has 0 aliphatic rings. The largest absolute Gasteiger partial charge is 0.309 e. The summed E-state index contributed by atoms with van der Waals surface area (Å²) in [5.74, 6) is 0. The van der Waals surface area contributed by atoms with Crippen LogP contribution in [0.15, 0.2) is 156 Å². The number of anilines is 6. The minimum absolute atomic E-state index is 0.0665. The molecule has 0 saturated carbocycles. The van der Waals surface area contributed by atoms with Crippen molar-refractivity contribution in [3.05, 3.63) is 167 Å². The third-order valence-electron chi connectivity index (χ3n) is 9.42. The molecule has 49 heavy (non-hydrogen) atoms. The first kappa shape index (κ1) is 32.7. The van der Waals surface area contributed by atoms with Gasteiger partial charge < -0.3 is 9.80 Å². The molecule has 0 N–H and O–H groups in total. The number of hydrogen-bond donors (Lipinski definition) is 0. The van der Waals surface area contributed by atoms with Crippen LogP contribution in [0.3, 0.4) is 0 Å². The molecule has 0 radical (unpaired) electrons. The highest BCUT2D eigenvalue weighted by Crippen LogP contribution is 2.49. The van der Waals surface area contributed by atoms with Crippen LogP contribution < -0.4 is 9.80 Å². The van der Waals surface area contributed by atoms with Crippen molar-refractivity contribution in [1.82, 2.24) is 0 Å². The fraction of sp³-hybridized carbons (Fsp3) is 0.174. The van der Waals surface area contributed by atoms with Gasteiger partial charge in [-0.2, -0.15) is 0 Å². The number of para-hydroxylation sites is 1. The SMILES string of the molecule is CC(C)(C)c1ccc(N(c2ccc(C(C)(C)C)cc2)c2cccc(N(c3ccccc3)c3cc4ccccc4c4ccccc34)c2Br)cc1. The number of rotatable bonds is 6. The summed E-state index contributed by atoms with van der Waals surface area (Å²) in [5.41, 5.74) is 9.32. The Bertz CT molecular complexity index is 2180. The monoisotopic (exact) mass is 702 g/mol. The van der Waals surface area contributed by atoms with Crippen LogP contribution in [0.1, 0.15) is 52.7 Å². The van der Waals surface area contributed by atoms with Gasteiger partial charge in [0.05, 0.1) is 21.5 Å². The quantitative estimate of drug-likeness (QED) is 0.159. The lowest BCUT2D eigenvalue weighted by Crippen LogP contribution is -2.16. The van der Waals surface area contributed by atoms with Gasteiger partial charge in [-0.3, -0.25) is 0 Å². The minimum atomic E-state index is 0.0665. The van der Waals surface area contributed by atoms with Crippen LogP contribution in [0.4, 0.5) is 34.1 Å². The smallest absolute Gasteiger partial charge is 0.0656 e. The predicted octanol–water partition coefficient (Wildman–Crippen LogP) is 14.3. The fourth-order valence-electron chi connectivity index (χ4n) is 6.71. The number of halogens is 1. The van der Waals surface area contributed by atoms with Crippen molar-refractivity contribution in [3.8, 4) is 0 Å². The van der Waals surface area contributed by atoms with Crippen LogP contribution in [-0.4, -0.2) is 0 Å². The van der Waals surface area contributed by atoms with E-state index in [1.165, 1.54) is 32.7 Å². The summed E-state index contributed by atoms with van der Waals surface area (Å²) in [7, 11) is 0. The number of nitrogens with zero attached hydrogens (tertiary/aromatic N) is 2. The van der Waals surface area contributed by atoms with Crippen LogP contribution in [0.5, 0.6) is 0 Å². The van der Waals surface area contributed by atoms with E-state index in [2.05, 4.69) is 219 Å². The van der Waals surface area contributed by atoms with Gasteiger partial charge in [-0.15, -0.1) is 0 Å². The number of hydrogen-bond acceptors (Lipinski definition) is 2. The van der Waals surface area contributed by atoms with E-state index in [0.29, 0.717) is 0 Å². The molecule has 0 atom stereocenters. The van der Waals surface area contributed by atoms with Gasteiger partial charge in [0.2, 0.25) is 0 Å². The Labute approximate surface area is 299 Å². The van der Waals surface area contributed by atoms with E-state index in [4.69, 9.17) is 0 Å². The van der Waals surface area contributed by atoms with Gasteiger partial charge in [-0.25, -0.2) is 0 Å². The highest BCUT2D eigenvalue weighted by molar-refractivity contribution is 9.10. The van der Waals surface area contributed by atoms with Crippen molar-refractivity contribution in [2.45, 2.75) is 52.4 Å². The van der Waals surface area contributed by atoms with Crippen LogP contribution in [0, 0.1) is 0 Å². The lowest BCUT2D eigenvalue weighted by Gasteiger charge is -2.32. The van der Waals surface area contributed by atoms with Gasteiger partial charge in [0.25, 0.3) is 0 Å². The third kappa shape index (κ3) is 6.36. The summed E-state index contributed by atoms with van der Waals surface area (Å²) < 4.78 is 1.01. The summed E-state index contributed by atoms with van der Waals surface area (Å²) in [5, 5.41) is 4.91. The van der Waals surface area contributed by atoms with E-state index in [9.17, 15) is 0 Å². The van der Waals surface area contributed by atoms with Crippen molar-refractivity contribution in [2.24, 2.45) is 0 Å². The summed E-state index contributed by atoms with van der Waals surface area (Å²) >= 11 is 4.19. The Kier molecular flexibility index (Phi) is 8.58. The van der Waals surface area contributed by atoms with E-state index in [1.807, 2.05) is 0 Å². The molecule has 0 saturated heterocycles. The predicted molar refractivity (Wildman–Crippen MR) is 216 cm³/mol. The van der Waals surface area contributed by atoms with Crippen molar-refractivity contribution in [1.29, 1.82) is 0 Å². The first-order valence-corrected chi connectivity index (χ1v) is 17.9. The molecule has 0 unspecified atom stereocenters. The van der Waals surface area contributed by atoms with E-state index in [1.54, 1.807) is 0 Å². The molecule has 7 rings (SSSR count). The van der Waals surface area contributed by atoms with Gasteiger partial charge in [-0.05, 0) is 109 Å². The van der Waals surface area contributed by atoms with Crippen LogP contribution in [-0.2, 0) is 10.8 Å². The van der Waals surface area contributed by atoms with E-state index >= 15 is 0 Å². The van der Waals surface area contributed by atoms with Crippen LogP contribution in [0.2, 0.25) is 0 Å². The summed E-state index contributed by atoms with van der Waals surface area (Å²) in [6.07, 6.45) is 0. The maximum absolute atomic E-state index is 4.19. The van der Waals surface area contributed by atoms with Gasteiger partial charge in [-0.1, -0.05) is 139 Å². The van der Waals surface area contributed by atoms with Crippen molar-refractivity contribution < 1.29 is 0 Å². The van der Waals surface area contributed by atoms with E-state index in [-0.39, 0.29) is 10.8 Å². The molecule has 0 amide bonds. The molecule has 0 aliphatic heterocycles. The average Bonchev–Trinajstić information content (AvgIpc) is 3.10. The van der Waals surface area contributed by atoms with Crippen molar-refractivity contribution >= 4 is 71.6 Å². The number of benzene rings is 7. The molecule has 0 bridgehead atoms. The molecule has 0 fully saturated rings. The molecule has 244 valence electrons. The fourth-order valence-corrected chi connectivity index (χ4v) is 7.33. The topological polar surface area (TPSA) is 6.48 Å². The summed E-state index contributed by atoms with van der Waals surface area (Å²) in [4.78, 5) is 4.76. The second-order valence-electron chi connectivity index (χ2n) is 14.9. The van der Waals surface area contributed by atoms with Gasteiger partial charge in [0.15, 0.2) is 0 Å². The van der Waals surface area contributed by atoms with Gasteiger partial charge in [0, 0.05) is 22.4 Å². The first-order valence-electron chi connectivity index (χ1n) is 17.1. The maximum Gasteiger partial charge on any atom is 0.0656 e. The normalized spacial score (nSPS) is 12.0. The zero-order chi connectivity index (χ0) is 34.3.